The van der Waals surface area contributed by atoms with Gasteiger partial charge in [-0.15, -0.1) is 11.3 Å². The van der Waals surface area contributed by atoms with E-state index < -0.39 is 16.0 Å². The highest BCUT2D eigenvalue weighted by atomic mass is 32.2. The summed E-state index contributed by atoms with van der Waals surface area (Å²) >= 11 is 0.901. The molecule has 0 atom stereocenters. The average Bonchev–Trinajstić information content (AvgIpc) is 2.84. The van der Waals surface area contributed by atoms with Crippen LogP contribution in [0.3, 0.4) is 0 Å². The monoisotopic (exact) mass is 288 g/mol. The molecule has 1 aromatic heterocycles. The number of nitrogens with zero attached hydrogens (tertiary/aromatic N) is 2. The molecular formula is C10H12N2O4S2. The van der Waals surface area contributed by atoms with Crippen molar-refractivity contribution in [3.63, 3.8) is 0 Å². The van der Waals surface area contributed by atoms with E-state index in [1.165, 1.54) is 26.3 Å². The van der Waals surface area contributed by atoms with Gasteiger partial charge in [-0.3, -0.25) is 4.79 Å². The van der Waals surface area contributed by atoms with Crippen molar-refractivity contribution in [3.8, 4) is 6.07 Å². The van der Waals surface area contributed by atoms with Gasteiger partial charge in [-0.1, -0.05) is 0 Å². The lowest BCUT2D eigenvalue weighted by Crippen LogP contribution is -2.28. The summed E-state index contributed by atoms with van der Waals surface area (Å²) in [5, 5.41) is 8.65. The molecule has 1 aromatic rings. The zero-order valence-corrected chi connectivity index (χ0v) is 11.5. The number of hydrogen-bond acceptors (Lipinski definition) is 6. The Morgan fingerprint density at radius 2 is 2.22 bits per heavy atom. The van der Waals surface area contributed by atoms with Gasteiger partial charge in [-0.05, 0) is 12.1 Å². The van der Waals surface area contributed by atoms with Crippen molar-refractivity contribution in [1.29, 1.82) is 5.26 Å². The third-order valence-corrected chi connectivity index (χ3v) is 5.53. The number of carbonyl (C=O) groups excluding carboxylic acids is 1. The first-order chi connectivity index (χ1) is 8.41. The van der Waals surface area contributed by atoms with Crippen LogP contribution in [0, 0.1) is 11.3 Å². The van der Waals surface area contributed by atoms with Crippen LogP contribution < -0.4 is 0 Å². The first kappa shape index (κ1) is 14.6. The lowest BCUT2D eigenvalue weighted by atomic mass is 10.4. The van der Waals surface area contributed by atoms with Crippen LogP contribution in [0.25, 0.3) is 0 Å². The van der Waals surface area contributed by atoms with E-state index in [1.54, 1.807) is 0 Å². The number of sulfonamides is 1. The largest absolute Gasteiger partial charge is 0.469 e. The molecule has 1 rings (SSSR count). The molecule has 0 aliphatic heterocycles. The summed E-state index contributed by atoms with van der Waals surface area (Å²) < 4.78 is 29.7. The van der Waals surface area contributed by atoms with Gasteiger partial charge in [0.25, 0.3) is 10.0 Å². The maximum atomic E-state index is 12.0. The molecule has 0 radical (unpaired) electrons. The number of esters is 1. The summed E-state index contributed by atoms with van der Waals surface area (Å²) in [4.78, 5) is 11.3. The summed E-state index contributed by atoms with van der Waals surface area (Å²) in [6.45, 7) is 0.0365. The zero-order chi connectivity index (χ0) is 13.8. The Balaban J connectivity index is 2.80. The Labute approximate surface area is 109 Å². The second-order valence-electron chi connectivity index (χ2n) is 3.38. The summed E-state index contributed by atoms with van der Waals surface area (Å²) in [7, 11) is -1.01. The summed E-state index contributed by atoms with van der Waals surface area (Å²) in [6.07, 6.45) is -0.0112. The molecule has 0 saturated carbocycles. The molecule has 0 amide bonds. The summed E-state index contributed by atoms with van der Waals surface area (Å²) in [5.74, 6) is -0.471. The van der Waals surface area contributed by atoms with Gasteiger partial charge in [0, 0.05) is 13.6 Å². The van der Waals surface area contributed by atoms with Crippen molar-refractivity contribution < 1.29 is 17.9 Å². The second-order valence-corrected chi connectivity index (χ2v) is 6.74. The molecule has 0 saturated heterocycles. The molecule has 0 fully saturated rings. The first-order valence-corrected chi connectivity index (χ1v) is 7.20. The third-order valence-electron chi connectivity index (χ3n) is 2.21. The Bertz CT molecular complexity index is 571. The second kappa shape index (κ2) is 5.95. The Hall–Kier alpha value is -1.43. The highest BCUT2D eigenvalue weighted by molar-refractivity contribution is 7.91. The maximum Gasteiger partial charge on any atom is 0.306 e. The smallest absolute Gasteiger partial charge is 0.306 e. The average molecular weight is 288 g/mol. The summed E-state index contributed by atoms with van der Waals surface area (Å²) in [5.41, 5.74) is 0. The highest BCUT2D eigenvalue weighted by Crippen LogP contribution is 2.23. The molecule has 98 valence electrons. The van der Waals surface area contributed by atoms with Crippen molar-refractivity contribution >= 4 is 27.3 Å². The fourth-order valence-electron chi connectivity index (χ4n) is 1.14. The van der Waals surface area contributed by atoms with Gasteiger partial charge in [0.2, 0.25) is 0 Å². The highest BCUT2D eigenvalue weighted by Gasteiger charge is 2.23. The third kappa shape index (κ3) is 3.29. The van der Waals surface area contributed by atoms with Gasteiger partial charge in [0.05, 0.1) is 13.5 Å². The number of rotatable bonds is 5. The van der Waals surface area contributed by atoms with Crippen LogP contribution in [0.15, 0.2) is 16.3 Å². The van der Waals surface area contributed by atoms with Crippen LogP contribution in [0.1, 0.15) is 11.3 Å². The quantitative estimate of drug-likeness (QED) is 0.748. The number of hydrogen-bond donors (Lipinski definition) is 0. The van der Waals surface area contributed by atoms with Crippen molar-refractivity contribution in [3.05, 3.63) is 17.0 Å². The molecule has 0 aromatic carbocycles. The molecule has 0 aliphatic carbocycles. The van der Waals surface area contributed by atoms with E-state index in [9.17, 15) is 13.2 Å². The van der Waals surface area contributed by atoms with Crippen molar-refractivity contribution in [2.45, 2.75) is 10.6 Å². The number of ether oxygens (including phenoxy) is 1. The minimum atomic E-state index is -3.64. The van der Waals surface area contributed by atoms with E-state index >= 15 is 0 Å². The van der Waals surface area contributed by atoms with Crippen LogP contribution in [0.5, 0.6) is 0 Å². The zero-order valence-electron chi connectivity index (χ0n) is 9.91. The standard InChI is InChI=1S/C10H12N2O4S2/c1-12(6-5-9(13)16-2)18(14,15)10-4-3-8(7-11)17-10/h3-4H,5-6H2,1-2H3. The lowest BCUT2D eigenvalue weighted by Gasteiger charge is -2.14. The predicted octanol–water partition coefficient (Wildman–Crippen LogP) is 0.803. The number of carbonyl (C=O) groups is 1. The molecule has 1 heterocycles. The molecule has 0 bridgehead atoms. The molecular weight excluding hydrogens is 276 g/mol. The van der Waals surface area contributed by atoms with Gasteiger partial charge in [-0.25, -0.2) is 8.42 Å². The minimum absolute atomic E-state index is 0.0112. The van der Waals surface area contributed by atoms with Gasteiger partial charge >= 0.3 is 5.97 Å². The van der Waals surface area contributed by atoms with Crippen LogP contribution >= 0.6 is 11.3 Å². The van der Waals surface area contributed by atoms with E-state index in [0.29, 0.717) is 4.88 Å². The van der Waals surface area contributed by atoms with Crippen LogP contribution in [-0.2, 0) is 19.6 Å². The van der Waals surface area contributed by atoms with E-state index in [4.69, 9.17) is 5.26 Å². The predicted molar refractivity (Wildman–Crippen MR) is 65.5 cm³/mol. The SMILES string of the molecule is COC(=O)CCN(C)S(=O)(=O)c1ccc(C#N)s1. The minimum Gasteiger partial charge on any atom is -0.469 e. The molecule has 0 N–H and O–H groups in total. The van der Waals surface area contributed by atoms with Crippen molar-refractivity contribution in [2.24, 2.45) is 0 Å². The first-order valence-electron chi connectivity index (χ1n) is 4.95. The number of thiophene rings is 1. The summed E-state index contributed by atoms with van der Waals surface area (Å²) in [6, 6.07) is 4.71. The van der Waals surface area contributed by atoms with Gasteiger partial charge in [-0.2, -0.15) is 9.57 Å². The molecule has 18 heavy (non-hydrogen) atoms. The lowest BCUT2D eigenvalue weighted by molar-refractivity contribution is -0.140. The fourth-order valence-corrected chi connectivity index (χ4v) is 3.63. The van der Waals surface area contributed by atoms with E-state index in [2.05, 4.69) is 4.74 Å². The van der Waals surface area contributed by atoms with Crippen molar-refractivity contribution in [1.82, 2.24) is 4.31 Å². The van der Waals surface area contributed by atoms with Crippen LogP contribution in [0.2, 0.25) is 0 Å². The van der Waals surface area contributed by atoms with E-state index in [0.717, 1.165) is 15.6 Å². The fraction of sp³-hybridized carbons (Fsp3) is 0.400. The Kier molecular flexibility index (Phi) is 4.84. The van der Waals surface area contributed by atoms with E-state index in [-0.39, 0.29) is 17.2 Å². The molecule has 8 heteroatoms. The molecule has 0 aliphatic rings. The van der Waals surface area contributed by atoms with E-state index in [1.807, 2.05) is 6.07 Å². The normalized spacial score (nSPS) is 11.2. The van der Waals surface area contributed by atoms with Crippen LogP contribution in [-0.4, -0.2) is 39.4 Å². The maximum absolute atomic E-state index is 12.0. The van der Waals surface area contributed by atoms with Gasteiger partial charge in [0.15, 0.2) is 0 Å². The Morgan fingerprint density at radius 3 is 2.72 bits per heavy atom. The van der Waals surface area contributed by atoms with Crippen LogP contribution in [0.4, 0.5) is 0 Å². The Morgan fingerprint density at radius 1 is 1.56 bits per heavy atom. The number of methoxy groups -OCH3 is 1. The van der Waals surface area contributed by atoms with Gasteiger partial charge < -0.3 is 4.74 Å². The number of nitriles is 1. The molecule has 0 spiro atoms. The molecule has 0 unspecified atom stereocenters. The molecule has 6 nitrogen and oxygen atoms in total. The topological polar surface area (TPSA) is 87.5 Å². The van der Waals surface area contributed by atoms with Gasteiger partial charge in [0.1, 0.15) is 15.2 Å². The van der Waals surface area contributed by atoms with Crippen molar-refractivity contribution in [2.75, 3.05) is 20.7 Å².